The second-order valence-electron chi connectivity index (χ2n) is 3.78. The van der Waals surface area contributed by atoms with Crippen molar-refractivity contribution in [2.24, 2.45) is 0 Å². The van der Waals surface area contributed by atoms with Gasteiger partial charge in [-0.2, -0.15) is 0 Å². The van der Waals surface area contributed by atoms with Gasteiger partial charge in [-0.3, -0.25) is 0 Å². The van der Waals surface area contributed by atoms with Gasteiger partial charge in [-0.25, -0.2) is 9.97 Å². The minimum atomic E-state index is 0.162. The summed E-state index contributed by atoms with van der Waals surface area (Å²) in [6.45, 7) is 4.07. The molecule has 0 aromatic carbocycles. The van der Waals surface area contributed by atoms with E-state index < -0.39 is 0 Å². The van der Waals surface area contributed by atoms with Crippen LogP contribution in [-0.4, -0.2) is 17.1 Å². The Bertz CT molecular complexity index is 481. The van der Waals surface area contributed by atoms with E-state index in [2.05, 4.69) is 27.6 Å². The fourth-order valence-corrected chi connectivity index (χ4v) is 2.24. The summed E-state index contributed by atoms with van der Waals surface area (Å²) in [5.74, 6) is 1.58. The molecule has 1 atom stereocenters. The summed E-state index contributed by atoms with van der Waals surface area (Å²) in [7, 11) is 1.63. The van der Waals surface area contributed by atoms with Gasteiger partial charge in [-0.15, -0.1) is 11.3 Å². The van der Waals surface area contributed by atoms with Crippen molar-refractivity contribution in [1.29, 1.82) is 0 Å². The Labute approximate surface area is 105 Å². The van der Waals surface area contributed by atoms with Crippen LogP contribution in [0.5, 0.6) is 5.75 Å². The van der Waals surface area contributed by atoms with Crippen molar-refractivity contribution in [3.63, 3.8) is 0 Å². The van der Waals surface area contributed by atoms with Crippen LogP contribution in [0.1, 0.15) is 23.7 Å². The predicted molar refractivity (Wildman–Crippen MR) is 69.7 cm³/mol. The monoisotopic (exact) mass is 249 g/mol. The lowest BCUT2D eigenvalue weighted by Crippen LogP contribution is -2.07. The molecule has 4 nitrogen and oxygen atoms in total. The smallest absolute Gasteiger partial charge is 0.137 e. The zero-order valence-electron chi connectivity index (χ0n) is 10.1. The van der Waals surface area contributed by atoms with Crippen molar-refractivity contribution in [3.8, 4) is 5.75 Å². The van der Waals surface area contributed by atoms with Crippen molar-refractivity contribution in [2.75, 3.05) is 12.4 Å². The first kappa shape index (κ1) is 11.9. The fourth-order valence-electron chi connectivity index (χ4n) is 1.44. The number of thiazole rings is 1. The largest absolute Gasteiger partial charge is 0.495 e. The van der Waals surface area contributed by atoms with E-state index in [4.69, 9.17) is 4.74 Å². The maximum Gasteiger partial charge on any atom is 0.137 e. The number of pyridine rings is 1. The topological polar surface area (TPSA) is 47.0 Å². The van der Waals surface area contributed by atoms with Gasteiger partial charge >= 0.3 is 0 Å². The summed E-state index contributed by atoms with van der Waals surface area (Å²) in [6, 6.07) is 3.94. The number of aryl methyl sites for hydroxylation is 1. The van der Waals surface area contributed by atoms with Crippen molar-refractivity contribution in [3.05, 3.63) is 34.4 Å². The zero-order chi connectivity index (χ0) is 12.3. The van der Waals surface area contributed by atoms with Crippen LogP contribution in [0.25, 0.3) is 0 Å². The zero-order valence-corrected chi connectivity index (χ0v) is 10.9. The number of nitrogens with zero attached hydrogens (tertiary/aromatic N) is 2. The summed E-state index contributed by atoms with van der Waals surface area (Å²) < 4.78 is 5.06. The summed E-state index contributed by atoms with van der Waals surface area (Å²) in [4.78, 5) is 8.71. The van der Waals surface area contributed by atoms with Gasteiger partial charge in [0.25, 0.3) is 0 Å². The molecule has 5 heteroatoms. The lowest BCUT2D eigenvalue weighted by atomic mass is 10.3. The highest BCUT2D eigenvalue weighted by Crippen LogP contribution is 2.22. The molecule has 0 fully saturated rings. The first-order valence-corrected chi connectivity index (χ1v) is 6.25. The molecule has 0 saturated carbocycles. The summed E-state index contributed by atoms with van der Waals surface area (Å²) >= 11 is 1.66. The van der Waals surface area contributed by atoms with Crippen molar-refractivity contribution >= 4 is 17.2 Å². The molecule has 17 heavy (non-hydrogen) atoms. The number of hydrogen-bond acceptors (Lipinski definition) is 5. The first-order valence-electron chi connectivity index (χ1n) is 5.37. The summed E-state index contributed by atoms with van der Waals surface area (Å²) in [5, 5.41) is 6.42. The van der Waals surface area contributed by atoms with E-state index in [0.717, 1.165) is 22.3 Å². The Hall–Kier alpha value is -1.62. The highest BCUT2D eigenvalue weighted by atomic mass is 32.1. The number of ether oxygens (including phenoxy) is 1. The van der Waals surface area contributed by atoms with Crippen LogP contribution < -0.4 is 10.1 Å². The van der Waals surface area contributed by atoms with Crippen LogP contribution in [0.4, 0.5) is 5.82 Å². The molecule has 1 unspecified atom stereocenters. The summed E-state index contributed by atoms with van der Waals surface area (Å²) in [5.41, 5.74) is 1.06. The Kier molecular flexibility index (Phi) is 3.58. The molecule has 1 N–H and O–H groups in total. The Balaban J connectivity index is 2.04. The third-order valence-corrected chi connectivity index (χ3v) is 3.49. The van der Waals surface area contributed by atoms with Gasteiger partial charge in [0.2, 0.25) is 0 Å². The minimum absolute atomic E-state index is 0.162. The number of methoxy groups -OCH3 is 1. The minimum Gasteiger partial charge on any atom is -0.495 e. The molecular weight excluding hydrogens is 234 g/mol. The number of rotatable bonds is 4. The van der Waals surface area contributed by atoms with Crippen LogP contribution in [-0.2, 0) is 0 Å². The van der Waals surface area contributed by atoms with Gasteiger partial charge in [-0.05, 0) is 26.0 Å². The maximum atomic E-state index is 5.06. The quantitative estimate of drug-likeness (QED) is 0.904. The molecule has 0 spiro atoms. The van der Waals surface area contributed by atoms with Gasteiger partial charge in [0, 0.05) is 11.1 Å². The molecule has 0 saturated heterocycles. The maximum absolute atomic E-state index is 5.06. The average molecular weight is 249 g/mol. The van der Waals surface area contributed by atoms with Gasteiger partial charge < -0.3 is 10.1 Å². The second kappa shape index (κ2) is 5.14. The first-order chi connectivity index (χ1) is 8.19. The van der Waals surface area contributed by atoms with Gasteiger partial charge in [0.1, 0.15) is 16.6 Å². The molecule has 0 aliphatic rings. The van der Waals surface area contributed by atoms with E-state index in [0.29, 0.717) is 0 Å². The highest BCUT2D eigenvalue weighted by Gasteiger charge is 2.09. The fraction of sp³-hybridized carbons (Fsp3) is 0.333. The second-order valence-corrected chi connectivity index (χ2v) is 4.67. The molecule has 0 radical (unpaired) electrons. The van der Waals surface area contributed by atoms with Crippen molar-refractivity contribution in [2.45, 2.75) is 19.9 Å². The van der Waals surface area contributed by atoms with Gasteiger partial charge in [0.15, 0.2) is 0 Å². The van der Waals surface area contributed by atoms with E-state index in [9.17, 15) is 0 Å². The Morgan fingerprint density at radius 3 is 2.76 bits per heavy atom. The average Bonchev–Trinajstić information content (AvgIpc) is 2.77. The van der Waals surface area contributed by atoms with Crippen LogP contribution in [0.2, 0.25) is 0 Å². The van der Waals surface area contributed by atoms with E-state index in [1.165, 1.54) is 0 Å². The van der Waals surface area contributed by atoms with Crippen molar-refractivity contribution in [1.82, 2.24) is 9.97 Å². The standard InChI is InChI=1S/C12H15N3OS/c1-8-7-17-12(14-8)9(2)15-11-5-4-10(16-3)6-13-11/h4-7,9H,1-3H3,(H,13,15). The van der Waals surface area contributed by atoms with Crippen LogP contribution in [0, 0.1) is 6.92 Å². The third kappa shape index (κ3) is 2.94. The summed E-state index contributed by atoms with van der Waals surface area (Å²) in [6.07, 6.45) is 1.70. The molecule has 0 aliphatic carbocycles. The van der Waals surface area contributed by atoms with Crippen LogP contribution >= 0.6 is 11.3 Å². The highest BCUT2D eigenvalue weighted by molar-refractivity contribution is 7.09. The number of anilines is 1. The molecule has 2 heterocycles. The van der Waals surface area contributed by atoms with E-state index in [-0.39, 0.29) is 6.04 Å². The molecular formula is C12H15N3OS. The predicted octanol–water partition coefficient (Wildman–Crippen LogP) is 3.03. The Morgan fingerprint density at radius 1 is 1.41 bits per heavy atom. The molecule has 2 aromatic rings. The third-order valence-electron chi connectivity index (χ3n) is 2.34. The molecule has 0 amide bonds. The van der Waals surface area contributed by atoms with E-state index in [1.807, 2.05) is 19.1 Å². The molecule has 0 bridgehead atoms. The number of hydrogen-bond donors (Lipinski definition) is 1. The SMILES string of the molecule is COc1ccc(NC(C)c2nc(C)cs2)nc1. The lowest BCUT2D eigenvalue weighted by Gasteiger charge is -2.11. The van der Waals surface area contributed by atoms with Gasteiger partial charge in [-0.1, -0.05) is 0 Å². The van der Waals surface area contributed by atoms with Crippen LogP contribution in [0.15, 0.2) is 23.7 Å². The molecule has 2 rings (SSSR count). The molecule has 2 aromatic heterocycles. The van der Waals surface area contributed by atoms with Crippen molar-refractivity contribution < 1.29 is 4.74 Å². The Morgan fingerprint density at radius 2 is 2.24 bits per heavy atom. The molecule has 90 valence electrons. The normalized spacial score (nSPS) is 12.2. The van der Waals surface area contributed by atoms with E-state index >= 15 is 0 Å². The van der Waals surface area contributed by atoms with Gasteiger partial charge in [0.05, 0.1) is 19.3 Å². The van der Waals surface area contributed by atoms with Crippen LogP contribution in [0.3, 0.4) is 0 Å². The van der Waals surface area contributed by atoms with E-state index in [1.54, 1.807) is 24.6 Å². The molecule has 0 aliphatic heterocycles. The lowest BCUT2D eigenvalue weighted by molar-refractivity contribution is 0.413. The number of nitrogens with one attached hydrogen (secondary N) is 1. The number of aromatic nitrogens is 2.